The van der Waals surface area contributed by atoms with E-state index in [0.717, 1.165) is 19.5 Å². The summed E-state index contributed by atoms with van der Waals surface area (Å²) in [5.41, 5.74) is 11.0. The molecule has 0 atom stereocenters. The molecule has 0 unspecified atom stereocenters. The summed E-state index contributed by atoms with van der Waals surface area (Å²) in [7, 11) is 0. The molecule has 0 aliphatic rings. The van der Waals surface area contributed by atoms with E-state index in [1.165, 1.54) is 27.7 Å². The van der Waals surface area contributed by atoms with Gasteiger partial charge in [0.2, 0.25) is 0 Å². The Morgan fingerprint density at radius 1 is 1.12 bits per heavy atom. The lowest BCUT2D eigenvalue weighted by molar-refractivity contribution is 0.656. The van der Waals surface area contributed by atoms with Crippen molar-refractivity contribution in [1.29, 1.82) is 0 Å². The highest BCUT2D eigenvalue weighted by Crippen LogP contribution is 2.24. The Balaban J connectivity index is 2.59. The molecule has 0 spiro atoms. The lowest BCUT2D eigenvalue weighted by Gasteiger charge is -2.08. The van der Waals surface area contributed by atoms with E-state index in [9.17, 15) is 0 Å². The molecule has 16 heavy (non-hydrogen) atoms. The fourth-order valence-electron chi connectivity index (χ4n) is 2.39. The molecule has 0 aliphatic carbocycles. The van der Waals surface area contributed by atoms with Crippen molar-refractivity contribution >= 4 is 10.9 Å². The second kappa shape index (κ2) is 4.30. The fraction of sp³-hybridized carbons (Fsp3) is 0.429. The van der Waals surface area contributed by atoms with Crippen molar-refractivity contribution in [2.45, 2.75) is 33.7 Å². The predicted molar refractivity (Wildman–Crippen MR) is 69.8 cm³/mol. The third kappa shape index (κ3) is 1.85. The van der Waals surface area contributed by atoms with Gasteiger partial charge >= 0.3 is 0 Å². The van der Waals surface area contributed by atoms with Crippen molar-refractivity contribution in [3.63, 3.8) is 0 Å². The van der Waals surface area contributed by atoms with Crippen LogP contribution in [0.5, 0.6) is 0 Å². The first-order valence-electron chi connectivity index (χ1n) is 5.90. The van der Waals surface area contributed by atoms with E-state index >= 15 is 0 Å². The van der Waals surface area contributed by atoms with Crippen molar-refractivity contribution in [3.8, 4) is 0 Å². The van der Waals surface area contributed by atoms with Gasteiger partial charge in [0.1, 0.15) is 0 Å². The second-order valence-corrected chi connectivity index (χ2v) is 4.59. The van der Waals surface area contributed by atoms with Gasteiger partial charge in [-0.15, -0.1) is 0 Å². The number of aryl methyl sites for hydroxylation is 4. The molecule has 0 amide bonds. The Morgan fingerprint density at radius 3 is 2.56 bits per heavy atom. The molecular weight excluding hydrogens is 196 g/mol. The molecule has 2 aromatic rings. The minimum absolute atomic E-state index is 0.754. The van der Waals surface area contributed by atoms with Crippen LogP contribution < -0.4 is 5.73 Å². The van der Waals surface area contributed by atoms with Gasteiger partial charge in [-0.1, -0.05) is 6.07 Å². The van der Waals surface area contributed by atoms with Gasteiger partial charge in [-0.3, -0.25) is 0 Å². The quantitative estimate of drug-likeness (QED) is 0.840. The van der Waals surface area contributed by atoms with Crippen LogP contribution in [-0.2, 0) is 6.54 Å². The third-order valence-corrected chi connectivity index (χ3v) is 3.16. The standard InChI is InChI=1S/C14H20N2/c1-10-7-11(2)13-9-12(3)16(6-4-5-15)14(13)8-10/h7-9H,4-6,15H2,1-3H3. The summed E-state index contributed by atoms with van der Waals surface area (Å²) in [5, 5.41) is 1.38. The van der Waals surface area contributed by atoms with Crippen LogP contribution in [0.15, 0.2) is 18.2 Å². The van der Waals surface area contributed by atoms with E-state index in [1.807, 2.05) is 0 Å². The van der Waals surface area contributed by atoms with E-state index in [4.69, 9.17) is 5.73 Å². The van der Waals surface area contributed by atoms with Crippen LogP contribution >= 0.6 is 0 Å². The molecule has 0 bridgehead atoms. The highest BCUT2D eigenvalue weighted by atomic mass is 15.0. The molecule has 2 heteroatoms. The summed E-state index contributed by atoms with van der Waals surface area (Å²) in [6.45, 7) is 8.29. The number of aromatic nitrogens is 1. The lowest BCUT2D eigenvalue weighted by atomic mass is 10.1. The summed E-state index contributed by atoms with van der Waals surface area (Å²) in [5.74, 6) is 0. The molecule has 86 valence electrons. The summed E-state index contributed by atoms with van der Waals surface area (Å²) < 4.78 is 2.38. The van der Waals surface area contributed by atoms with Crippen LogP contribution in [-0.4, -0.2) is 11.1 Å². The number of rotatable bonds is 3. The van der Waals surface area contributed by atoms with Crippen LogP contribution in [0.2, 0.25) is 0 Å². The van der Waals surface area contributed by atoms with Crippen molar-refractivity contribution in [1.82, 2.24) is 4.57 Å². The number of hydrogen-bond acceptors (Lipinski definition) is 1. The van der Waals surface area contributed by atoms with Crippen LogP contribution in [0, 0.1) is 20.8 Å². The molecule has 2 N–H and O–H groups in total. The molecule has 1 aromatic carbocycles. The largest absolute Gasteiger partial charge is 0.345 e. The van der Waals surface area contributed by atoms with Crippen LogP contribution in [0.4, 0.5) is 0 Å². The second-order valence-electron chi connectivity index (χ2n) is 4.59. The Labute approximate surface area is 97.1 Å². The first-order valence-corrected chi connectivity index (χ1v) is 5.90. The number of nitrogens with zero attached hydrogens (tertiary/aromatic N) is 1. The SMILES string of the molecule is Cc1cc(C)c2cc(C)n(CCCN)c2c1. The van der Waals surface area contributed by atoms with Gasteiger partial charge in [0.15, 0.2) is 0 Å². The number of hydrogen-bond donors (Lipinski definition) is 1. The molecule has 1 heterocycles. The molecule has 1 aromatic heterocycles. The topological polar surface area (TPSA) is 30.9 Å². The summed E-state index contributed by atoms with van der Waals surface area (Å²) in [4.78, 5) is 0. The first kappa shape index (κ1) is 11.2. The Hall–Kier alpha value is -1.28. The maximum absolute atomic E-state index is 5.59. The van der Waals surface area contributed by atoms with Crippen LogP contribution in [0.25, 0.3) is 10.9 Å². The van der Waals surface area contributed by atoms with Crippen molar-refractivity contribution < 1.29 is 0 Å². The third-order valence-electron chi connectivity index (χ3n) is 3.16. The fourth-order valence-corrected chi connectivity index (χ4v) is 2.39. The number of fused-ring (bicyclic) bond motifs is 1. The smallest absolute Gasteiger partial charge is 0.0487 e. The highest BCUT2D eigenvalue weighted by Gasteiger charge is 2.07. The van der Waals surface area contributed by atoms with Gasteiger partial charge in [-0.2, -0.15) is 0 Å². The van der Waals surface area contributed by atoms with Gasteiger partial charge < -0.3 is 10.3 Å². The van der Waals surface area contributed by atoms with Gasteiger partial charge in [0.25, 0.3) is 0 Å². The minimum atomic E-state index is 0.754. The zero-order valence-electron chi connectivity index (χ0n) is 10.4. The minimum Gasteiger partial charge on any atom is -0.345 e. The Kier molecular flexibility index (Phi) is 3.01. The maximum atomic E-state index is 5.59. The normalized spacial score (nSPS) is 11.2. The predicted octanol–water partition coefficient (Wildman–Crippen LogP) is 2.92. The number of nitrogens with two attached hydrogens (primary N) is 1. The zero-order chi connectivity index (χ0) is 11.7. The van der Waals surface area contributed by atoms with Gasteiger partial charge in [-0.05, 0) is 57.0 Å². The van der Waals surface area contributed by atoms with E-state index in [1.54, 1.807) is 0 Å². The summed E-state index contributed by atoms with van der Waals surface area (Å²) in [6.07, 6.45) is 1.04. The van der Waals surface area contributed by atoms with Gasteiger partial charge in [0.05, 0.1) is 0 Å². The van der Waals surface area contributed by atoms with Crippen LogP contribution in [0.1, 0.15) is 23.2 Å². The monoisotopic (exact) mass is 216 g/mol. The van der Waals surface area contributed by atoms with E-state index in [-0.39, 0.29) is 0 Å². The van der Waals surface area contributed by atoms with Crippen molar-refractivity contribution in [2.75, 3.05) is 6.54 Å². The molecule has 0 saturated carbocycles. The number of benzene rings is 1. The van der Waals surface area contributed by atoms with E-state index in [0.29, 0.717) is 0 Å². The molecule has 0 aliphatic heterocycles. The summed E-state index contributed by atoms with van der Waals surface area (Å²) in [6, 6.07) is 6.79. The molecule has 0 fully saturated rings. The van der Waals surface area contributed by atoms with Crippen LogP contribution in [0.3, 0.4) is 0 Å². The zero-order valence-corrected chi connectivity index (χ0v) is 10.4. The molecule has 0 radical (unpaired) electrons. The van der Waals surface area contributed by atoms with E-state index in [2.05, 4.69) is 43.5 Å². The average Bonchev–Trinajstić information content (AvgIpc) is 2.53. The lowest BCUT2D eigenvalue weighted by Crippen LogP contribution is -2.06. The van der Waals surface area contributed by atoms with Gasteiger partial charge in [-0.25, -0.2) is 0 Å². The van der Waals surface area contributed by atoms with Gasteiger partial charge in [0, 0.05) is 23.1 Å². The molecule has 2 nitrogen and oxygen atoms in total. The van der Waals surface area contributed by atoms with Crippen molar-refractivity contribution in [3.05, 3.63) is 35.0 Å². The molecule has 0 saturated heterocycles. The summed E-state index contributed by atoms with van der Waals surface area (Å²) >= 11 is 0. The first-order chi connectivity index (χ1) is 7.63. The Bertz CT molecular complexity index is 509. The Morgan fingerprint density at radius 2 is 1.88 bits per heavy atom. The molecule has 2 rings (SSSR count). The molecular formula is C14H20N2. The highest BCUT2D eigenvalue weighted by molar-refractivity contribution is 5.85. The maximum Gasteiger partial charge on any atom is 0.0487 e. The van der Waals surface area contributed by atoms with E-state index < -0.39 is 0 Å². The average molecular weight is 216 g/mol. The van der Waals surface area contributed by atoms with Crippen molar-refractivity contribution in [2.24, 2.45) is 5.73 Å².